The second kappa shape index (κ2) is 8.34. The number of carbonyl (C=O) groups excluding carboxylic acids is 2. The maximum atomic E-state index is 14.4. The van der Waals surface area contributed by atoms with E-state index in [9.17, 15) is 14.0 Å². The summed E-state index contributed by atoms with van der Waals surface area (Å²) in [6.07, 6.45) is 0. The highest BCUT2D eigenvalue weighted by molar-refractivity contribution is 5.95. The van der Waals surface area contributed by atoms with Gasteiger partial charge in [-0.25, -0.2) is 9.07 Å². The van der Waals surface area contributed by atoms with E-state index in [0.717, 1.165) is 17.1 Å². The standard InChI is InChI=1S/C24H25FN4O2/c1-16-14-17(2)29(26-16)21-7-4-19(5-8-21)24(31)28-12-10-27(11-13-28)23-9-6-20(18(3)30)15-22(23)25/h4-9,14-15H,10-13H2,1-3H3. The summed E-state index contributed by atoms with van der Waals surface area (Å²) < 4.78 is 16.3. The predicted molar refractivity (Wildman–Crippen MR) is 118 cm³/mol. The third-order valence-electron chi connectivity index (χ3n) is 5.63. The van der Waals surface area contributed by atoms with E-state index in [2.05, 4.69) is 5.10 Å². The Labute approximate surface area is 180 Å². The Balaban J connectivity index is 1.41. The summed E-state index contributed by atoms with van der Waals surface area (Å²) in [5.74, 6) is -0.607. The van der Waals surface area contributed by atoms with E-state index in [4.69, 9.17) is 0 Å². The number of aryl methyl sites for hydroxylation is 2. The number of rotatable bonds is 4. The number of ketones is 1. The van der Waals surface area contributed by atoms with Gasteiger partial charge in [-0.05, 0) is 69.3 Å². The molecule has 1 aliphatic heterocycles. The van der Waals surface area contributed by atoms with Crippen LogP contribution in [0.25, 0.3) is 5.69 Å². The maximum absolute atomic E-state index is 14.4. The molecule has 1 aliphatic rings. The van der Waals surface area contributed by atoms with Gasteiger partial charge in [0.15, 0.2) is 5.78 Å². The van der Waals surface area contributed by atoms with Crippen molar-refractivity contribution in [3.8, 4) is 5.69 Å². The van der Waals surface area contributed by atoms with Crippen LogP contribution in [0.2, 0.25) is 0 Å². The summed E-state index contributed by atoms with van der Waals surface area (Å²) in [6, 6.07) is 14.0. The first-order chi connectivity index (χ1) is 14.8. The number of benzene rings is 2. The van der Waals surface area contributed by atoms with Crippen molar-refractivity contribution in [2.24, 2.45) is 0 Å². The molecule has 2 aromatic carbocycles. The number of hydrogen-bond acceptors (Lipinski definition) is 4. The normalized spacial score (nSPS) is 14.1. The molecule has 0 atom stereocenters. The van der Waals surface area contributed by atoms with Crippen LogP contribution >= 0.6 is 0 Å². The van der Waals surface area contributed by atoms with Crippen molar-refractivity contribution >= 4 is 17.4 Å². The molecule has 1 amide bonds. The molecule has 7 heteroatoms. The van der Waals surface area contributed by atoms with Crippen molar-refractivity contribution in [1.29, 1.82) is 0 Å². The fourth-order valence-corrected chi connectivity index (χ4v) is 3.95. The van der Waals surface area contributed by atoms with Crippen LogP contribution in [0.5, 0.6) is 0 Å². The lowest BCUT2D eigenvalue weighted by Gasteiger charge is -2.36. The smallest absolute Gasteiger partial charge is 0.253 e. The zero-order valence-corrected chi connectivity index (χ0v) is 17.9. The molecule has 0 saturated carbocycles. The van der Waals surface area contributed by atoms with Crippen LogP contribution in [0.15, 0.2) is 48.5 Å². The number of piperazine rings is 1. The molecule has 2 heterocycles. The van der Waals surface area contributed by atoms with E-state index in [1.165, 1.54) is 13.0 Å². The lowest BCUT2D eigenvalue weighted by Crippen LogP contribution is -2.49. The molecular formula is C24H25FN4O2. The molecule has 4 rings (SSSR count). The average molecular weight is 420 g/mol. The fraction of sp³-hybridized carbons (Fsp3) is 0.292. The van der Waals surface area contributed by atoms with Gasteiger partial charge in [0.05, 0.1) is 17.1 Å². The minimum absolute atomic E-state index is 0.0352. The van der Waals surface area contributed by atoms with E-state index in [1.54, 1.807) is 17.0 Å². The highest BCUT2D eigenvalue weighted by Crippen LogP contribution is 2.23. The van der Waals surface area contributed by atoms with Crippen LogP contribution in [0.3, 0.4) is 0 Å². The average Bonchev–Trinajstić information content (AvgIpc) is 3.11. The highest BCUT2D eigenvalue weighted by atomic mass is 19.1. The third kappa shape index (κ3) is 4.21. The number of anilines is 1. The van der Waals surface area contributed by atoms with E-state index in [-0.39, 0.29) is 11.7 Å². The van der Waals surface area contributed by atoms with E-state index in [0.29, 0.717) is 43.0 Å². The Morgan fingerprint density at radius 2 is 1.55 bits per heavy atom. The van der Waals surface area contributed by atoms with Crippen LogP contribution < -0.4 is 4.90 Å². The van der Waals surface area contributed by atoms with E-state index < -0.39 is 5.82 Å². The molecule has 0 bridgehead atoms. The quantitative estimate of drug-likeness (QED) is 0.603. The molecular weight excluding hydrogens is 395 g/mol. The third-order valence-corrected chi connectivity index (χ3v) is 5.63. The van der Waals surface area contributed by atoms with Gasteiger partial charge in [0.25, 0.3) is 5.91 Å². The molecule has 1 saturated heterocycles. The molecule has 0 spiro atoms. The Morgan fingerprint density at radius 1 is 0.903 bits per heavy atom. The zero-order chi connectivity index (χ0) is 22.1. The van der Waals surface area contributed by atoms with Crippen molar-refractivity contribution in [3.05, 3.63) is 76.9 Å². The van der Waals surface area contributed by atoms with Crippen molar-refractivity contribution in [2.75, 3.05) is 31.1 Å². The van der Waals surface area contributed by atoms with Gasteiger partial charge in [0.2, 0.25) is 0 Å². The Bertz CT molecular complexity index is 1130. The molecule has 1 aromatic heterocycles. The van der Waals surface area contributed by atoms with Crippen molar-refractivity contribution in [1.82, 2.24) is 14.7 Å². The second-order valence-electron chi connectivity index (χ2n) is 7.89. The van der Waals surface area contributed by atoms with E-state index in [1.807, 2.05) is 53.8 Å². The first-order valence-corrected chi connectivity index (χ1v) is 10.3. The Kier molecular flexibility index (Phi) is 5.59. The van der Waals surface area contributed by atoms with Crippen LogP contribution in [0.1, 0.15) is 39.0 Å². The first kappa shape index (κ1) is 20.8. The number of amides is 1. The molecule has 0 aliphatic carbocycles. The van der Waals surface area contributed by atoms with Crippen molar-refractivity contribution < 1.29 is 14.0 Å². The summed E-state index contributed by atoms with van der Waals surface area (Å²) >= 11 is 0. The van der Waals surface area contributed by atoms with Crippen LogP contribution in [-0.2, 0) is 0 Å². The summed E-state index contributed by atoms with van der Waals surface area (Å²) in [4.78, 5) is 28.0. The van der Waals surface area contributed by atoms with Gasteiger partial charge in [-0.2, -0.15) is 5.10 Å². The van der Waals surface area contributed by atoms with Gasteiger partial charge in [-0.15, -0.1) is 0 Å². The molecule has 1 fully saturated rings. The Hall–Kier alpha value is -3.48. The Morgan fingerprint density at radius 3 is 2.10 bits per heavy atom. The number of nitrogens with zero attached hydrogens (tertiary/aromatic N) is 4. The van der Waals surface area contributed by atoms with Gasteiger partial charge in [-0.1, -0.05) is 0 Å². The number of halogens is 1. The second-order valence-corrected chi connectivity index (χ2v) is 7.89. The van der Waals surface area contributed by atoms with Crippen LogP contribution in [0.4, 0.5) is 10.1 Å². The molecule has 6 nitrogen and oxygen atoms in total. The molecule has 0 radical (unpaired) electrons. The summed E-state index contributed by atoms with van der Waals surface area (Å²) in [6.45, 7) is 7.44. The molecule has 160 valence electrons. The minimum atomic E-state index is -0.410. The van der Waals surface area contributed by atoms with Gasteiger partial charge in [0, 0.05) is 43.0 Å². The van der Waals surface area contributed by atoms with Gasteiger partial charge >= 0.3 is 0 Å². The highest BCUT2D eigenvalue weighted by Gasteiger charge is 2.24. The minimum Gasteiger partial charge on any atom is -0.366 e. The summed E-state index contributed by atoms with van der Waals surface area (Å²) in [7, 11) is 0. The number of Topliss-reactive ketones (excluding diaryl/α,β-unsaturated/α-hetero) is 1. The molecule has 0 N–H and O–H groups in total. The van der Waals surface area contributed by atoms with Gasteiger partial charge in [0.1, 0.15) is 5.82 Å². The van der Waals surface area contributed by atoms with Crippen molar-refractivity contribution in [2.45, 2.75) is 20.8 Å². The van der Waals surface area contributed by atoms with Crippen LogP contribution in [0, 0.1) is 19.7 Å². The molecule has 31 heavy (non-hydrogen) atoms. The topological polar surface area (TPSA) is 58.4 Å². The van der Waals surface area contributed by atoms with E-state index >= 15 is 0 Å². The number of carbonyl (C=O) groups is 2. The summed E-state index contributed by atoms with van der Waals surface area (Å²) in [5, 5.41) is 4.47. The predicted octanol–water partition coefficient (Wildman–Crippen LogP) is 3.79. The monoisotopic (exact) mass is 420 g/mol. The SMILES string of the molecule is CC(=O)c1ccc(N2CCN(C(=O)c3ccc(-n4nc(C)cc4C)cc3)CC2)c(F)c1. The van der Waals surface area contributed by atoms with Gasteiger partial charge in [-0.3, -0.25) is 9.59 Å². The fourth-order valence-electron chi connectivity index (χ4n) is 3.95. The lowest BCUT2D eigenvalue weighted by atomic mass is 10.1. The molecule has 0 unspecified atom stereocenters. The van der Waals surface area contributed by atoms with Crippen LogP contribution in [-0.4, -0.2) is 52.5 Å². The maximum Gasteiger partial charge on any atom is 0.253 e. The lowest BCUT2D eigenvalue weighted by molar-refractivity contribution is 0.0746. The zero-order valence-electron chi connectivity index (χ0n) is 17.9. The summed E-state index contributed by atoms with van der Waals surface area (Å²) in [5.41, 5.74) is 4.34. The van der Waals surface area contributed by atoms with Gasteiger partial charge < -0.3 is 9.80 Å². The molecule has 3 aromatic rings. The number of hydrogen-bond donors (Lipinski definition) is 0. The number of aromatic nitrogens is 2. The first-order valence-electron chi connectivity index (χ1n) is 10.3. The van der Waals surface area contributed by atoms with Crippen molar-refractivity contribution in [3.63, 3.8) is 0 Å². The largest absolute Gasteiger partial charge is 0.366 e.